The summed E-state index contributed by atoms with van der Waals surface area (Å²) in [5, 5.41) is 7.25. The van der Waals surface area contributed by atoms with Gasteiger partial charge in [-0.25, -0.2) is 18.9 Å². The Labute approximate surface area is 169 Å². The third kappa shape index (κ3) is 3.87. The zero-order chi connectivity index (χ0) is 20.8. The molecule has 0 aliphatic carbocycles. The van der Waals surface area contributed by atoms with E-state index in [0.29, 0.717) is 18.1 Å². The molecule has 152 valence electrons. The fraction of sp³-hybridized carbons (Fsp3) is 0.429. The highest BCUT2D eigenvalue weighted by atomic mass is 16.2. The maximum absolute atomic E-state index is 13.1. The highest BCUT2D eigenvalue weighted by molar-refractivity contribution is 5.76. The van der Waals surface area contributed by atoms with Crippen LogP contribution in [0.25, 0.3) is 5.65 Å². The molecule has 1 aliphatic rings. The molecule has 1 amide bonds. The van der Waals surface area contributed by atoms with Gasteiger partial charge in [0.05, 0.1) is 0 Å². The molecule has 0 saturated carbocycles. The second-order valence-corrected chi connectivity index (χ2v) is 8.57. The van der Waals surface area contributed by atoms with Gasteiger partial charge >= 0.3 is 5.69 Å². The highest BCUT2D eigenvalue weighted by Gasteiger charge is 2.23. The predicted molar refractivity (Wildman–Crippen MR) is 111 cm³/mol. The topological polar surface area (TPSA) is 84.5 Å². The van der Waals surface area contributed by atoms with E-state index >= 15 is 0 Å². The number of hydrogen-bond donors (Lipinski definition) is 1. The Morgan fingerprint density at radius 3 is 2.66 bits per heavy atom. The lowest BCUT2D eigenvalue weighted by Gasteiger charge is -2.29. The number of rotatable bonds is 3. The number of anilines is 1. The lowest BCUT2D eigenvalue weighted by Crippen LogP contribution is -2.43. The molecule has 3 heterocycles. The summed E-state index contributed by atoms with van der Waals surface area (Å²) in [6.45, 7) is 8.91. The quantitative estimate of drug-likeness (QED) is 0.731. The number of fused-ring (bicyclic) bond motifs is 2. The third-order valence-corrected chi connectivity index (χ3v) is 4.90. The first-order valence-electron chi connectivity index (χ1n) is 9.81. The van der Waals surface area contributed by atoms with Crippen LogP contribution in [-0.4, -0.2) is 37.2 Å². The molecular weight excluding hydrogens is 368 g/mol. The fourth-order valence-corrected chi connectivity index (χ4v) is 3.71. The number of benzene rings is 1. The van der Waals surface area contributed by atoms with Gasteiger partial charge < -0.3 is 10.2 Å². The molecule has 0 unspecified atom stereocenters. The molecule has 0 radical (unpaired) electrons. The van der Waals surface area contributed by atoms with Crippen molar-refractivity contribution in [1.29, 1.82) is 0 Å². The summed E-state index contributed by atoms with van der Waals surface area (Å²) in [6, 6.07) is 10.1. The van der Waals surface area contributed by atoms with E-state index in [4.69, 9.17) is 0 Å². The Hall–Kier alpha value is -3.16. The van der Waals surface area contributed by atoms with E-state index in [-0.39, 0.29) is 23.7 Å². The molecule has 4 rings (SSSR count). The van der Waals surface area contributed by atoms with Crippen molar-refractivity contribution in [2.75, 3.05) is 11.4 Å². The molecule has 0 bridgehead atoms. The summed E-state index contributed by atoms with van der Waals surface area (Å²) in [5.41, 5.74) is 3.12. The summed E-state index contributed by atoms with van der Waals surface area (Å²) in [4.78, 5) is 32.1. The molecule has 29 heavy (non-hydrogen) atoms. The van der Waals surface area contributed by atoms with Crippen molar-refractivity contribution in [3.63, 3.8) is 0 Å². The van der Waals surface area contributed by atoms with Crippen molar-refractivity contribution in [2.45, 2.75) is 52.7 Å². The number of carbonyl (C=O) groups is 1. The van der Waals surface area contributed by atoms with Crippen molar-refractivity contribution in [3.05, 3.63) is 57.6 Å². The van der Waals surface area contributed by atoms with Crippen molar-refractivity contribution in [2.24, 2.45) is 0 Å². The van der Waals surface area contributed by atoms with Crippen molar-refractivity contribution in [3.8, 4) is 0 Å². The van der Waals surface area contributed by atoms with E-state index < -0.39 is 0 Å². The van der Waals surface area contributed by atoms with Crippen LogP contribution >= 0.6 is 0 Å². The number of nitrogens with zero attached hydrogens (tertiary/aromatic N) is 5. The molecule has 3 aromatic rings. The Bertz CT molecular complexity index is 1140. The van der Waals surface area contributed by atoms with E-state index in [1.54, 1.807) is 6.07 Å². The summed E-state index contributed by atoms with van der Waals surface area (Å²) in [7, 11) is 0. The highest BCUT2D eigenvalue weighted by Crippen LogP contribution is 2.23. The molecule has 8 nitrogen and oxygen atoms in total. The van der Waals surface area contributed by atoms with Crippen LogP contribution in [0.2, 0.25) is 0 Å². The van der Waals surface area contributed by atoms with E-state index in [1.165, 1.54) is 20.2 Å². The van der Waals surface area contributed by atoms with Crippen LogP contribution in [0, 0.1) is 6.92 Å². The Kier molecular flexibility index (Phi) is 4.64. The average Bonchev–Trinajstić information content (AvgIpc) is 2.94. The van der Waals surface area contributed by atoms with E-state index in [1.807, 2.05) is 33.8 Å². The minimum atomic E-state index is -0.371. The van der Waals surface area contributed by atoms with Crippen molar-refractivity contribution in [1.82, 2.24) is 24.5 Å². The largest absolute Gasteiger partial charge is 0.353 e. The van der Waals surface area contributed by atoms with Crippen molar-refractivity contribution < 1.29 is 4.79 Å². The Morgan fingerprint density at radius 1 is 1.21 bits per heavy atom. The summed E-state index contributed by atoms with van der Waals surface area (Å²) in [6.07, 6.45) is 0.893. The summed E-state index contributed by atoms with van der Waals surface area (Å²) >= 11 is 0. The zero-order valence-electron chi connectivity index (χ0n) is 17.3. The van der Waals surface area contributed by atoms with Crippen molar-refractivity contribution >= 4 is 17.5 Å². The lowest BCUT2D eigenvalue weighted by molar-refractivity contribution is -0.123. The third-order valence-electron chi connectivity index (χ3n) is 4.90. The molecule has 0 fully saturated rings. The van der Waals surface area contributed by atoms with Crippen LogP contribution in [0.4, 0.5) is 5.95 Å². The van der Waals surface area contributed by atoms with Gasteiger partial charge in [0.15, 0.2) is 5.65 Å². The SMILES string of the molecule is Cc1cc2nn(CC(=O)NC(C)(C)C)c(=O)n2c(N2CCc3ccccc3C2)n1. The first-order valence-corrected chi connectivity index (χ1v) is 9.81. The van der Waals surface area contributed by atoms with Gasteiger partial charge in [-0.2, -0.15) is 0 Å². The number of carbonyl (C=O) groups excluding carboxylic acids is 1. The van der Waals surface area contributed by atoms with E-state index in [9.17, 15) is 9.59 Å². The summed E-state index contributed by atoms with van der Waals surface area (Å²) in [5.74, 6) is 0.322. The normalized spacial score (nSPS) is 14.1. The van der Waals surface area contributed by atoms with Gasteiger partial charge in [-0.15, -0.1) is 5.10 Å². The number of amides is 1. The molecule has 1 aromatic carbocycles. The van der Waals surface area contributed by atoms with Crippen LogP contribution < -0.4 is 15.9 Å². The predicted octanol–water partition coefficient (Wildman–Crippen LogP) is 1.68. The monoisotopic (exact) mass is 394 g/mol. The molecule has 1 N–H and O–H groups in total. The summed E-state index contributed by atoms with van der Waals surface area (Å²) < 4.78 is 2.71. The number of aryl methyl sites for hydroxylation is 1. The molecule has 0 saturated heterocycles. The Balaban J connectivity index is 1.71. The van der Waals surface area contributed by atoms with Gasteiger partial charge in [0.1, 0.15) is 6.54 Å². The minimum Gasteiger partial charge on any atom is -0.350 e. The van der Waals surface area contributed by atoms with Gasteiger partial charge in [-0.3, -0.25) is 4.79 Å². The zero-order valence-corrected chi connectivity index (χ0v) is 17.3. The smallest absolute Gasteiger partial charge is 0.350 e. The first kappa shape index (κ1) is 19.2. The van der Waals surface area contributed by atoms with Crippen LogP contribution in [0.1, 0.15) is 37.6 Å². The van der Waals surface area contributed by atoms with Crippen LogP contribution in [0.5, 0.6) is 0 Å². The molecule has 8 heteroatoms. The molecule has 1 aliphatic heterocycles. The van der Waals surface area contributed by atoms with Crippen LogP contribution in [-0.2, 0) is 24.3 Å². The van der Waals surface area contributed by atoms with Gasteiger partial charge in [0.2, 0.25) is 11.9 Å². The first-order chi connectivity index (χ1) is 13.7. The van der Waals surface area contributed by atoms with Gasteiger partial charge in [0.25, 0.3) is 0 Å². The second-order valence-electron chi connectivity index (χ2n) is 8.57. The van der Waals surface area contributed by atoms with Crippen LogP contribution in [0.15, 0.2) is 35.1 Å². The fourth-order valence-electron chi connectivity index (χ4n) is 3.71. The number of hydrogen-bond acceptors (Lipinski definition) is 5. The van der Waals surface area contributed by atoms with Gasteiger partial charge in [0, 0.05) is 30.4 Å². The number of nitrogens with one attached hydrogen (secondary N) is 1. The molecule has 2 aromatic heterocycles. The molecular formula is C21H26N6O2. The minimum absolute atomic E-state index is 0.126. The van der Waals surface area contributed by atoms with E-state index in [2.05, 4.69) is 38.5 Å². The lowest BCUT2D eigenvalue weighted by atomic mass is 10.0. The van der Waals surface area contributed by atoms with E-state index in [0.717, 1.165) is 18.7 Å². The van der Waals surface area contributed by atoms with Gasteiger partial charge in [-0.05, 0) is 45.2 Å². The van der Waals surface area contributed by atoms with Gasteiger partial charge in [-0.1, -0.05) is 24.3 Å². The maximum atomic E-state index is 13.1. The molecule has 0 spiro atoms. The second kappa shape index (κ2) is 7.02. The number of aromatic nitrogens is 4. The maximum Gasteiger partial charge on any atom is 0.353 e. The van der Waals surface area contributed by atoms with Crippen LogP contribution in [0.3, 0.4) is 0 Å². The molecule has 0 atom stereocenters. The average molecular weight is 394 g/mol. The standard InChI is InChI=1S/C21H26N6O2/c1-14-11-17-24-26(13-18(28)23-21(2,3)4)20(29)27(17)19(22-14)25-10-9-15-7-5-6-8-16(15)12-25/h5-8,11H,9-10,12-13H2,1-4H3,(H,23,28). The Morgan fingerprint density at radius 2 is 1.93 bits per heavy atom.